The Labute approximate surface area is 194 Å². The number of hydrogen-bond acceptors (Lipinski definition) is 7. The lowest BCUT2D eigenvalue weighted by atomic mass is 10.2. The fraction of sp³-hybridized carbons (Fsp3) is 0.158. The summed E-state index contributed by atoms with van der Waals surface area (Å²) in [4.78, 5) is 33.5. The van der Waals surface area contributed by atoms with Crippen molar-refractivity contribution in [3.05, 3.63) is 77.4 Å². The van der Waals surface area contributed by atoms with E-state index in [1.165, 1.54) is 18.2 Å². The molecule has 0 aliphatic rings. The van der Waals surface area contributed by atoms with Crippen LogP contribution in [0.3, 0.4) is 0 Å². The molecule has 0 atom stereocenters. The molecule has 0 aliphatic carbocycles. The molecule has 0 saturated carbocycles. The minimum Gasteiger partial charge on any atom is -0.457 e. The van der Waals surface area contributed by atoms with Gasteiger partial charge in [-0.15, -0.1) is 0 Å². The maximum atomic E-state index is 12.5. The van der Waals surface area contributed by atoms with Crippen molar-refractivity contribution in [2.75, 3.05) is 5.32 Å². The second-order valence-corrected chi connectivity index (χ2v) is 7.87. The molecule has 0 aliphatic heterocycles. The zero-order valence-electron chi connectivity index (χ0n) is 16.7. The number of anilines is 1. The lowest BCUT2D eigenvalue weighted by molar-refractivity contribution is -0.390. The van der Waals surface area contributed by atoms with Crippen molar-refractivity contribution < 1.29 is 19.4 Å². The maximum absolute atomic E-state index is 12.5. The summed E-state index contributed by atoms with van der Waals surface area (Å²) >= 11 is 9.08. The molecule has 11 nitrogen and oxygen atoms in total. The monoisotopic (exact) mass is 523 g/mol. The van der Waals surface area contributed by atoms with Gasteiger partial charge in [0.15, 0.2) is 0 Å². The SMILES string of the molecule is Cc1cc(Oc2cc(NC(=O)Cn3nc([N+](=O)[O-])c(Br)c3C)cc([N+](=O)[O-])c2)ccc1Cl. The van der Waals surface area contributed by atoms with Crippen LogP contribution in [0.2, 0.25) is 5.02 Å². The van der Waals surface area contributed by atoms with Gasteiger partial charge in [0.1, 0.15) is 22.5 Å². The van der Waals surface area contributed by atoms with E-state index in [-0.39, 0.29) is 28.1 Å². The van der Waals surface area contributed by atoms with Gasteiger partial charge in [-0.05, 0) is 58.5 Å². The van der Waals surface area contributed by atoms with Gasteiger partial charge in [0.25, 0.3) is 5.69 Å². The number of carbonyl (C=O) groups excluding carboxylic acids is 1. The van der Waals surface area contributed by atoms with E-state index in [9.17, 15) is 25.0 Å². The molecule has 0 spiro atoms. The molecule has 0 unspecified atom stereocenters. The normalized spacial score (nSPS) is 10.6. The zero-order valence-corrected chi connectivity index (χ0v) is 19.0. The van der Waals surface area contributed by atoms with E-state index in [1.807, 2.05) is 0 Å². The molecule has 0 radical (unpaired) electrons. The number of hydrogen-bond donors (Lipinski definition) is 1. The van der Waals surface area contributed by atoms with Gasteiger partial charge in [-0.2, -0.15) is 4.68 Å². The minimum absolute atomic E-state index is 0.114. The van der Waals surface area contributed by atoms with Gasteiger partial charge in [-0.3, -0.25) is 14.9 Å². The summed E-state index contributed by atoms with van der Waals surface area (Å²) < 4.78 is 7.02. The van der Waals surface area contributed by atoms with Crippen LogP contribution in [-0.4, -0.2) is 25.5 Å². The molecule has 0 saturated heterocycles. The zero-order chi connectivity index (χ0) is 23.6. The number of aromatic nitrogens is 2. The fourth-order valence-electron chi connectivity index (χ4n) is 2.75. The molecule has 1 heterocycles. The van der Waals surface area contributed by atoms with E-state index in [2.05, 4.69) is 26.3 Å². The summed E-state index contributed by atoms with van der Waals surface area (Å²) in [6.07, 6.45) is 0. The first-order valence-electron chi connectivity index (χ1n) is 8.95. The van der Waals surface area contributed by atoms with Crippen LogP contribution in [0, 0.1) is 34.1 Å². The number of halogens is 2. The summed E-state index contributed by atoms with van der Waals surface area (Å²) in [7, 11) is 0. The molecule has 0 fully saturated rings. The first-order valence-corrected chi connectivity index (χ1v) is 10.1. The Kier molecular flexibility index (Phi) is 6.75. The molecule has 3 rings (SSSR count). The van der Waals surface area contributed by atoms with Gasteiger partial charge in [0, 0.05) is 17.2 Å². The van der Waals surface area contributed by atoms with E-state index in [4.69, 9.17) is 16.3 Å². The van der Waals surface area contributed by atoms with Crippen LogP contribution in [-0.2, 0) is 11.3 Å². The van der Waals surface area contributed by atoms with Gasteiger partial charge in [-0.1, -0.05) is 11.6 Å². The first-order chi connectivity index (χ1) is 15.0. The molecule has 1 amide bonds. The third-order valence-corrected chi connectivity index (χ3v) is 5.69. The average molecular weight is 525 g/mol. The Balaban J connectivity index is 1.83. The third kappa shape index (κ3) is 5.21. The van der Waals surface area contributed by atoms with E-state index in [1.54, 1.807) is 32.0 Å². The highest BCUT2D eigenvalue weighted by Gasteiger charge is 2.24. The van der Waals surface area contributed by atoms with Crippen molar-refractivity contribution in [3.63, 3.8) is 0 Å². The molecule has 2 aromatic carbocycles. The van der Waals surface area contributed by atoms with Crippen LogP contribution in [0.25, 0.3) is 0 Å². The number of aryl methyl sites for hydroxylation is 1. The van der Waals surface area contributed by atoms with Crippen molar-refractivity contribution in [1.29, 1.82) is 0 Å². The predicted molar refractivity (Wildman–Crippen MR) is 119 cm³/mol. The van der Waals surface area contributed by atoms with Crippen molar-refractivity contribution in [2.45, 2.75) is 20.4 Å². The Bertz CT molecular complexity index is 1250. The molecule has 3 aromatic rings. The van der Waals surface area contributed by atoms with E-state index < -0.39 is 21.6 Å². The minimum atomic E-state index is -0.672. The number of ether oxygens (including phenoxy) is 1. The lowest BCUT2D eigenvalue weighted by Crippen LogP contribution is -2.20. The topological polar surface area (TPSA) is 142 Å². The number of nitro benzene ring substituents is 1. The molecular formula is C19H15BrClN5O6. The number of carbonyl (C=O) groups is 1. The van der Waals surface area contributed by atoms with Crippen LogP contribution in [0.15, 0.2) is 40.9 Å². The standard InChI is InChI=1S/C19H15BrClN5O6/c1-10-5-14(3-4-16(10)21)32-15-7-12(6-13(8-15)25(28)29)22-17(27)9-24-11(2)18(20)19(23-24)26(30)31/h3-8H,9H2,1-2H3,(H,22,27). The molecule has 1 N–H and O–H groups in total. The predicted octanol–water partition coefficient (Wildman–Crippen LogP) is 5.16. The summed E-state index contributed by atoms with van der Waals surface area (Å²) in [5.41, 5.74) is 0.964. The largest absolute Gasteiger partial charge is 0.457 e. The Hall–Kier alpha value is -3.51. The number of nitrogens with one attached hydrogen (secondary N) is 1. The number of amides is 1. The van der Waals surface area contributed by atoms with Gasteiger partial charge >= 0.3 is 5.82 Å². The second-order valence-electron chi connectivity index (χ2n) is 6.67. The van der Waals surface area contributed by atoms with Crippen LogP contribution in [0.1, 0.15) is 11.3 Å². The number of nitro groups is 2. The van der Waals surface area contributed by atoms with Crippen molar-refractivity contribution in [1.82, 2.24) is 9.78 Å². The number of benzene rings is 2. The van der Waals surface area contributed by atoms with Gasteiger partial charge < -0.3 is 20.2 Å². The molecular weight excluding hydrogens is 510 g/mol. The maximum Gasteiger partial charge on any atom is 0.404 e. The summed E-state index contributed by atoms with van der Waals surface area (Å²) in [5, 5.41) is 29.2. The summed E-state index contributed by atoms with van der Waals surface area (Å²) in [5.74, 6) is -0.467. The van der Waals surface area contributed by atoms with Crippen molar-refractivity contribution in [3.8, 4) is 11.5 Å². The Morgan fingerprint density at radius 2 is 1.88 bits per heavy atom. The molecule has 32 heavy (non-hydrogen) atoms. The highest BCUT2D eigenvalue weighted by molar-refractivity contribution is 9.10. The lowest BCUT2D eigenvalue weighted by Gasteiger charge is -2.10. The van der Waals surface area contributed by atoms with Crippen LogP contribution >= 0.6 is 27.5 Å². The highest BCUT2D eigenvalue weighted by atomic mass is 79.9. The molecule has 1 aromatic heterocycles. The van der Waals surface area contributed by atoms with Crippen LogP contribution < -0.4 is 10.1 Å². The first kappa shape index (κ1) is 23.2. The Morgan fingerprint density at radius 1 is 1.16 bits per heavy atom. The number of rotatable bonds is 7. The molecule has 13 heteroatoms. The van der Waals surface area contributed by atoms with Crippen LogP contribution in [0.5, 0.6) is 11.5 Å². The van der Waals surface area contributed by atoms with Crippen LogP contribution in [0.4, 0.5) is 17.2 Å². The van der Waals surface area contributed by atoms with Crippen molar-refractivity contribution >= 4 is 50.6 Å². The van der Waals surface area contributed by atoms with Gasteiger partial charge in [0.2, 0.25) is 5.91 Å². The summed E-state index contributed by atoms with van der Waals surface area (Å²) in [6, 6.07) is 8.73. The van der Waals surface area contributed by atoms with Crippen molar-refractivity contribution in [2.24, 2.45) is 0 Å². The fourth-order valence-corrected chi connectivity index (χ4v) is 3.30. The smallest absolute Gasteiger partial charge is 0.404 e. The number of non-ortho nitro benzene ring substituents is 1. The highest BCUT2D eigenvalue weighted by Crippen LogP contribution is 2.31. The van der Waals surface area contributed by atoms with E-state index in [0.29, 0.717) is 16.5 Å². The van der Waals surface area contributed by atoms with Gasteiger partial charge in [0.05, 0.1) is 27.5 Å². The average Bonchev–Trinajstić information content (AvgIpc) is 2.99. The van der Waals surface area contributed by atoms with E-state index in [0.717, 1.165) is 10.2 Å². The second kappa shape index (κ2) is 9.32. The summed E-state index contributed by atoms with van der Waals surface area (Å²) in [6.45, 7) is 3.01. The molecule has 0 bridgehead atoms. The molecule has 166 valence electrons. The van der Waals surface area contributed by atoms with Gasteiger partial charge in [-0.25, -0.2) is 0 Å². The Morgan fingerprint density at radius 3 is 2.47 bits per heavy atom. The number of nitrogens with zero attached hydrogens (tertiary/aromatic N) is 4. The van der Waals surface area contributed by atoms with E-state index >= 15 is 0 Å². The quantitative estimate of drug-likeness (QED) is 0.332. The third-order valence-electron chi connectivity index (χ3n) is 4.33.